The second kappa shape index (κ2) is 13.4. The molecule has 0 aliphatic heterocycles. The maximum atomic E-state index is 9.24. The smallest absolute Gasteiger partial charge is 0.161 e. The third kappa shape index (κ3) is 5.74. The summed E-state index contributed by atoms with van der Waals surface area (Å²) in [6, 6.07) is 59.9. The van der Waals surface area contributed by atoms with Crippen LogP contribution >= 0.6 is 11.3 Å². The molecule has 5 nitrogen and oxygen atoms in total. The Morgan fingerprint density at radius 1 is 0.491 bits per heavy atom. The molecule has 0 atom stereocenters. The molecule has 268 valence electrons. The molecule has 0 unspecified atom stereocenters. The van der Waals surface area contributed by atoms with Gasteiger partial charge in [0.2, 0.25) is 0 Å². The molecule has 11 rings (SSSR count). The highest BCUT2D eigenvalue weighted by molar-refractivity contribution is 7.25. The van der Waals surface area contributed by atoms with Gasteiger partial charge in [-0.1, -0.05) is 127 Å². The zero-order valence-corrected chi connectivity index (χ0v) is 31.3. The number of nitrogens with one attached hydrogen (secondary N) is 1. The first-order valence-electron chi connectivity index (χ1n) is 18.8. The maximum absolute atomic E-state index is 9.24. The number of furan rings is 2. The molecule has 0 fully saturated rings. The lowest BCUT2D eigenvalue weighted by atomic mass is 9.98. The fraction of sp³-hybridized carbons (Fsp3) is 0. The normalized spacial score (nSPS) is 12.3. The van der Waals surface area contributed by atoms with Crippen molar-refractivity contribution >= 4 is 93.3 Å². The summed E-state index contributed by atoms with van der Waals surface area (Å²) in [5.41, 5.74) is 9.82. The summed E-state index contributed by atoms with van der Waals surface area (Å²) >= 11 is 1.81. The highest BCUT2D eigenvalue weighted by Gasteiger charge is 2.16. The van der Waals surface area contributed by atoms with Crippen LogP contribution in [0.4, 0.5) is 0 Å². The lowest BCUT2D eigenvalue weighted by Crippen LogP contribution is -2.05. The van der Waals surface area contributed by atoms with Crippen molar-refractivity contribution in [2.45, 2.75) is 0 Å². The van der Waals surface area contributed by atoms with Crippen LogP contribution in [-0.4, -0.2) is 17.9 Å². The van der Waals surface area contributed by atoms with Gasteiger partial charge in [0, 0.05) is 64.6 Å². The van der Waals surface area contributed by atoms with E-state index in [2.05, 4.69) is 97.1 Å². The SMILES string of the molecule is N=C(N=C(N=Cc1ccc2c(c1)oc1c(-c3ccccc3)cccc12)c1cccc(-c2cccc3sc4ccccc4c23)c1)c1ccc2c(c1)oc1ccccc12. The van der Waals surface area contributed by atoms with Gasteiger partial charge in [0.25, 0.3) is 0 Å². The van der Waals surface area contributed by atoms with E-state index in [-0.39, 0.29) is 5.84 Å². The minimum absolute atomic E-state index is 0.0852. The number of amidine groups is 2. The third-order valence-electron chi connectivity index (χ3n) is 10.6. The molecule has 6 heteroatoms. The van der Waals surface area contributed by atoms with Gasteiger partial charge in [-0.25, -0.2) is 9.98 Å². The van der Waals surface area contributed by atoms with E-state index in [0.717, 1.165) is 71.7 Å². The first-order valence-corrected chi connectivity index (χ1v) is 19.6. The van der Waals surface area contributed by atoms with Crippen LogP contribution in [0.2, 0.25) is 0 Å². The Kier molecular flexibility index (Phi) is 7.76. The zero-order chi connectivity index (χ0) is 37.9. The average Bonchev–Trinajstić information content (AvgIpc) is 3.96. The van der Waals surface area contributed by atoms with Gasteiger partial charge < -0.3 is 8.83 Å². The highest BCUT2D eigenvalue weighted by atomic mass is 32.1. The third-order valence-corrected chi connectivity index (χ3v) is 11.8. The number of aliphatic imine (C=N–C) groups is 2. The van der Waals surface area contributed by atoms with Crippen molar-refractivity contribution in [2.75, 3.05) is 0 Å². The fourth-order valence-electron chi connectivity index (χ4n) is 7.93. The molecule has 11 aromatic rings. The van der Waals surface area contributed by atoms with Crippen molar-refractivity contribution in [3.63, 3.8) is 0 Å². The number of fused-ring (bicyclic) bond motifs is 9. The monoisotopic (exact) mass is 749 g/mol. The van der Waals surface area contributed by atoms with Crippen LogP contribution in [0.5, 0.6) is 0 Å². The predicted octanol–water partition coefficient (Wildman–Crippen LogP) is 14.1. The molecule has 8 aromatic carbocycles. The standard InChI is InChI=1S/C51H31N3O2S/c52-50(34-24-26-39-38-15-4-6-20-43(38)55-45(39)29-34)54-51(35-14-8-13-33(28-35)36-17-10-22-47-48(36)42-16-5-7-21-46(42)57-47)53-30-31-23-25-40-41-19-9-18-37(32-11-2-1-3-12-32)49(41)56-44(40)27-31/h1-30,52H. The summed E-state index contributed by atoms with van der Waals surface area (Å²) in [5.74, 6) is 0.506. The van der Waals surface area contributed by atoms with Crippen molar-refractivity contribution in [3.8, 4) is 22.3 Å². The van der Waals surface area contributed by atoms with Gasteiger partial charge in [-0.05, 0) is 70.8 Å². The van der Waals surface area contributed by atoms with Gasteiger partial charge in [0.15, 0.2) is 11.7 Å². The number of nitrogens with zero attached hydrogens (tertiary/aromatic N) is 2. The molecule has 0 spiro atoms. The van der Waals surface area contributed by atoms with Gasteiger partial charge in [0.1, 0.15) is 22.3 Å². The summed E-state index contributed by atoms with van der Waals surface area (Å²) in [6.07, 6.45) is 1.80. The summed E-state index contributed by atoms with van der Waals surface area (Å²) in [5, 5.41) is 15.9. The molecular formula is C51H31N3O2S. The minimum Gasteiger partial charge on any atom is -0.456 e. The van der Waals surface area contributed by atoms with Gasteiger partial charge >= 0.3 is 0 Å². The van der Waals surface area contributed by atoms with Crippen molar-refractivity contribution in [1.29, 1.82) is 5.41 Å². The molecule has 57 heavy (non-hydrogen) atoms. The Bertz CT molecular complexity index is 3440. The largest absolute Gasteiger partial charge is 0.456 e. The van der Waals surface area contributed by atoms with Gasteiger partial charge in [0.05, 0.1) is 0 Å². The van der Waals surface area contributed by atoms with Crippen molar-refractivity contribution in [1.82, 2.24) is 0 Å². The summed E-state index contributed by atoms with van der Waals surface area (Å²) < 4.78 is 15.2. The fourth-order valence-corrected chi connectivity index (χ4v) is 9.06. The minimum atomic E-state index is 0.0852. The van der Waals surface area contributed by atoms with E-state index in [1.807, 2.05) is 78.9 Å². The van der Waals surface area contributed by atoms with Crippen molar-refractivity contribution < 1.29 is 8.83 Å². The topological polar surface area (TPSA) is 74.8 Å². The molecule has 0 amide bonds. The molecule has 0 bridgehead atoms. The Balaban J connectivity index is 1.02. The molecule has 0 radical (unpaired) electrons. The van der Waals surface area contributed by atoms with Crippen LogP contribution in [0.3, 0.4) is 0 Å². The Morgan fingerprint density at radius 2 is 1.18 bits per heavy atom. The van der Waals surface area contributed by atoms with E-state index in [1.54, 1.807) is 17.6 Å². The Morgan fingerprint density at radius 3 is 2.11 bits per heavy atom. The van der Waals surface area contributed by atoms with Crippen LogP contribution < -0.4 is 0 Å². The van der Waals surface area contributed by atoms with Gasteiger partial charge in [-0.3, -0.25) is 5.41 Å². The summed E-state index contributed by atoms with van der Waals surface area (Å²) in [6.45, 7) is 0. The van der Waals surface area contributed by atoms with Gasteiger partial charge in [-0.15, -0.1) is 11.3 Å². The zero-order valence-electron chi connectivity index (χ0n) is 30.4. The number of para-hydroxylation sites is 2. The second-order valence-electron chi connectivity index (χ2n) is 14.1. The lowest BCUT2D eigenvalue weighted by molar-refractivity contribution is 0.668. The predicted molar refractivity (Wildman–Crippen MR) is 239 cm³/mol. The maximum Gasteiger partial charge on any atom is 0.161 e. The second-order valence-corrected chi connectivity index (χ2v) is 15.2. The van der Waals surface area contributed by atoms with Crippen LogP contribution in [0.15, 0.2) is 195 Å². The molecule has 3 heterocycles. The van der Waals surface area contributed by atoms with Crippen LogP contribution in [0.25, 0.3) is 86.3 Å². The molecule has 1 N–H and O–H groups in total. The number of hydrogen-bond acceptors (Lipinski definition) is 4. The Hall–Kier alpha value is -7.41. The molecular weight excluding hydrogens is 719 g/mol. The van der Waals surface area contributed by atoms with E-state index in [9.17, 15) is 5.41 Å². The quantitative estimate of drug-likeness (QED) is 0.140. The van der Waals surface area contributed by atoms with E-state index in [1.165, 1.54) is 20.2 Å². The molecule has 0 saturated heterocycles. The number of benzene rings is 8. The number of hydrogen-bond donors (Lipinski definition) is 1. The van der Waals surface area contributed by atoms with Crippen LogP contribution in [0, 0.1) is 5.41 Å². The van der Waals surface area contributed by atoms with E-state index in [4.69, 9.17) is 18.8 Å². The molecule has 3 aromatic heterocycles. The van der Waals surface area contributed by atoms with Crippen LogP contribution in [-0.2, 0) is 0 Å². The van der Waals surface area contributed by atoms with Crippen LogP contribution in [0.1, 0.15) is 16.7 Å². The first-order chi connectivity index (χ1) is 28.1. The number of rotatable bonds is 5. The molecule has 0 saturated carbocycles. The van der Waals surface area contributed by atoms with Gasteiger partial charge in [-0.2, -0.15) is 0 Å². The van der Waals surface area contributed by atoms with Crippen molar-refractivity contribution in [2.24, 2.45) is 9.98 Å². The average molecular weight is 750 g/mol. The number of thiophene rings is 1. The molecule has 0 aliphatic carbocycles. The van der Waals surface area contributed by atoms with Crippen molar-refractivity contribution in [3.05, 3.63) is 193 Å². The van der Waals surface area contributed by atoms with E-state index < -0.39 is 0 Å². The first kappa shape index (κ1) is 33.0. The molecule has 0 aliphatic rings. The lowest BCUT2D eigenvalue weighted by Gasteiger charge is -2.09. The summed E-state index contributed by atoms with van der Waals surface area (Å²) in [4.78, 5) is 9.92. The summed E-state index contributed by atoms with van der Waals surface area (Å²) in [7, 11) is 0. The Labute approximate surface area is 331 Å². The van der Waals surface area contributed by atoms with E-state index >= 15 is 0 Å². The van der Waals surface area contributed by atoms with E-state index in [0.29, 0.717) is 17.0 Å². The highest BCUT2D eigenvalue weighted by Crippen LogP contribution is 2.40.